The number of carbonyl (C=O) groups excluding carboxylic acids is 1. The number of aromatic carboxylic acids is 1. The SMILES string of the molecule is CN(C(=O)CN1CCCNCC1)c1ccc(C(=O)O)cc1. The Balaban J connectivity index is 1.96. The third-order valence-electron chi connectivity index (χ3n) is 3.67. The maximum absolute atomic E-state index is 12.3. The predicted octanol–water partition coefficient (Wildman–Crippen LogP) is 0.643. The van der Waals surface area contributed by atoms with Gasteiger partial charge >= 0.3 is 5.97 Å². The molecule has 0 aromatic heterocycles. The van der Waals surface area contributed by atoms with E-state index in [2.05, 4.69) is 10.2 Å². The molecular weight excluding hydrogens is 270 g/mol. The normalized spacial score (nSPS) is 16.2. The van der Waals surface area contributed by atoms with Gasteiger partial charge in [0.2, 0.25) is 5.91 Å². The second-order valence-electron chi connectivity index (χ2n) is 5.18. The zero-order valence-electron chi connectivity index (χ0n) is 12.2. The van der Waals surface area contributed by atoms with Crippen LogP contribution in [0.5, 0.6) is 0 Å². The van der Waals surface area contributed by atoms with Crippen molar-refractivity contribution in [1.82, 2.24) is 10.2 Å². The Morgan fingerprint density at radius 3 is 2.62 bits per heavy atom. The molecule has 1 aliphatic heterocycles. The summed E-state index contributed by atoms with van der Waals surface area (Å²) in [6, 6.07) is 6.34. The number of anilines is 1. The van der Waals surface area contributed by atoms with Crippen molar-refractivity contribution < 1.29 is 14.7 Å². The molecule has 0 atom stereocenters. The lowest BCUT2D eigenvalue weighted by Gasteiger charge is -2.23. The molecule has 1 fully saturated rings. The van der Waals surface area contributed by atoms with Crippen LogP contribution < -0.4 is 10.2 Å². The van der Waals surface area contributed by atoms with Gasteiger partial charge in [-0.2, -0.15) is 0 Å². The van der Waals surface area contributed by atoms with Gasteiger partial charge in [0, 0.05) is 25.8 Å². The van der Waals surface area contributed by atoms with Crippen molar-refractivity contribution in [1.29, 1.82) is 0 Å². The summed E-state index contributed by atoms with van der Waals surface area (Å²) in [6.45, 7) is 4.09. The Morgan fingerprint density at radius 1 is 1.24 bits per heavy atom. The Morgan fingerprint density at radius 2 is 1.95 bits per heavy atom. The summed E-state index contributed by atoms with van der Waals surface area (Å²) in [5, 5.41) is 12.2. The average Bonchev–Trinajstić information content (AvgIpc) is 2.75. The van der Waals surface area contributed by atoms with E-state index in [-0.39, 0.29) is 11.5 Å². The summed E-state index contributed by atoms with van der Waals surface area (Å²) in [7, 11) is 1.72. The Bertz CT molecular complexity index is 493. The van der Waals surface area contributed by atoms with Crippen LogP contribution in [0.25, 0.3) is 0 Å². The number of likely N-dealkylation sites (N-methyl/N-ethyl adjacent to an activating group) is 1. The van der Waals surface area contributed by atoms with E-state index in [1.54, 1.807) is 24.1 Å². The van der Waals surface area contributed by atoms with E-state index in [1.165, 1.54) is 12.1 Å². The van der Waals surface area contributed by atoms with Crippen molar-refractivity contribution >= 4 is 17.6 Å². The zero-order valence-corrected chi connectivity index (χ0v) is 12.2. The molecule has 1 aliphatic rings. The molecule has 1 aromatic carbocycles. The molecule has 0 radical (unpaired) electrons. The van der Waals surface area contributed by atoms with Gasteiger partial charge in [-0.05, 0) is 43.8 Å². The highest BCUT2D eigenvalue weighted by Gasteiger charge is 2.17. The summed E-state index contributed by atoms with van der Waals surface area (Å²) in [5.41, 5.74) is 0.927. The Kier molecular flexibility index (Phi) is 5.30. The number of carboxylic acids is 1. The Labute approximate surface area is 124 Å². The third-order valence-corrected chi connectivity index (χ3v) is 3.67. The number of amides is 1. The van der Waals surface area contributed by atoms with Gasteiger partial charge in [-0.3, -0.25) is 9.69 Å². The minimum absolute atomic E-state index is 0.0139. The fraction of sp³-hybridized carbons (Fsp3) is 0.467. The molecule has 0 spiro atoms. The second kappa shape index (κ2) is 7.19. The number of nitrogens with zero attached hydrogens (tertiary/aromatic N) is 2. The minimum atomic E-state index is -0.965. The topological polar surface area (TPSA) is 72.9 Å². The van der Waals surface area contributed by atoms with Gasteiger partial charge in [0.05, 0.1) is 12.1 Å². The summed E-state index contributed by atoms with van der Waals surface area (Å²) < 4.78 is 0. The van der Waals surface area contributed by atoms with E-state index in [1.807, 2.05) is 0 Å². The summed E-state index contributed by atoms with van der Waals surface area (Å²) in [5.74, 6) is -0.951. The van der Waals surface area contributed by atoms with Crippen molar-refractivity contribution in [3.63, 3.8) is 0 Å². The van der Waals surface area contributed by atoms with E-state index < -0.39 is 5.97 Å². The quantitative estimate of drug-likeness (QED) is 0.852. The van der Waals surface area contributed by atoms with E-state index in [9.17, 15) is 9.59 Å². The molecule has 1 amide bonds. The van der Waals surface area contributed by atoms with Crippen molar-refractivity contribution in [3.8, 4) is 0 Å². The summed E-state index contributed by atoms with van der Waals surface area (Å²) in [4.78, 5) is 26.8. The molecule has 6 heteroatoms. The minimum Gasteiger partial charge on any atom is -0.478 e. The van der Waals surface area contributed by atoms with Crippen LogP contribution in [-0.4, -0.2) is 61.7 Å². The maximum atomic E-state index is 12.3. The highest BCUT2D eigenvalue weighted by Crippen LogP contribution is 2.14. The molecule has 0 saturated carbocycles. The summed E-state index contributed by atoms with van der Waals surface area (Å²) in [6.07, 6.45) is 1.05. The first-order chi connectivity index (χ1) is 10.1. The number of rotatable bonds is 4. The molecule has 0 bridgehead atoms. The first-order valence-electron chi connectivity index (χ1n) is 7.11. The molecule has 1 saturated heterocycles. The average molecular weight is 291 g/mol. The van der Waals surface area contributed by atoms with Crippen molar-refractivity contribution in [2.45, 2.75) is 6.42 Å². The van der Waals surface area contributed by atoms with Gasteiger partial charge in [0.25, 0.3) is 0 Å². The number of carbonyl (C=O) groups is 2. The number of benzene rings is 1. The van der Waals surface area contributed by atoms with Crippen LogP contribution >= 0.6 is 0 Å². The lowest BCUT2D eigenvalue weighted by atomic mass is 10.2. The van der Waals surface area contributed by atoms with Gasteiger partial charge in [-0.25, -0.2) is 4.79 Å². The molecule has 1 heterocycles. The second-order valence-corrected chi connectivity index (χ2v) is 5.18. The lowest BCUT2D eigenvalue weighted by molar-refractivity contribution is -0.119. The number of carboxylic acid groups (broad SMARTS) is 1. The highest BCUT2D eigenvalue weighted by molar-refractivity contribution is 5.95. The van der Waals surface area contributed by atoms with E-state index in [0.717, 1.165) is 32.6 Å². The van der Waals surface area contributed by atoms with Crippen LogP contribution in [-0.2, 0) is 4.79 Å². The molecule has 21 heavy (non-hydrogen) atoms. The maximum Gasteiger partial charge on any atom is 0.335 e. The first kappa shape index (κ1) is 15.5. The van der Waals surface area contributed by atoms with Crippen molar-refractivity contribution in [3.05, 3.63) is 29.8 Å². The molecule has 6 nitrogen and oxygen atoms in total. The zero-order chi connectivity index (χ0) is 15.2. The van der Waals surface area contributed by atoms with Crippen LogP contribution in [0.15, 0.2) is 24.3 Å². The van der Waals surface area contributed by atoms with Gasteiger partial charge in [-0.15, -0.1) is 0 Å². The largest absolute Gasteiger partial charge is 0.478 e. The number of nitrogens with one attached hydrogen (secondary N) is 1. The molecular formula is C15H21N3O3. The van der Waals surface area contributed by atoms with Crippen molar-refractivity contribution in [2.75, 3.05) is 44.7 Å². The fourth-order valence-electron chi connectivity index (χ4n) is 2.33. The van der Waals surface area contributed by atoms with Crippen LogP contribution in [0.2, 0.25) is 0 Å². The highest BCUT2D eigenvalue weighted by atomic mass is 16.4. The monoisotopic (exact) mass is 291 g/mol. The van der Waals surface area contributed by atoms with E-state index in [0.29, 0.717) is 12.2 Å². The molecule has 0 aliphatic carbocycles. The van der Waals surface area contributed by atoms with Crippen molar-refractivity contribution in [2.24, 2.45) is 0 Å². The first-order valence-corrected chi connectivity index (χ1v) is 7.11. The van der Waals surface area contributed by atoms with Gasteiger partial charge < -0.3 is 15.3 Å². The predicted molar refractivity (Wildman–Crippen MR) is 80.7 cm³/mol. The van der Waals surface area contributed by atoms with Gasteiger partial charge in [0.15, 0.2) is 0 Å². The van der Waals surface area contributed by atoms with Gasteiger partial charge in [-0.1, -0.05) is 0 Å². The Hall–Kier alpha value is -1.92. The van der Waals surface area contributed by atoms with Crippen LogP contribution in [0.3, 0.4) is 0 Å². The number of hydrogen-bond donors (Lipinski definition) is 2. The van der Waals surface area contributed by atoms with E-state index in [4.69, 9.17) is 5.11 Å². The van der Waals surface area contributed by atoms with Crippen LogP contribution in [0.1, 0.15) is 16.8 Å². The van der Waals surface area contributed by atoms with E-state index >= 15 is 0 Å². The molecule has 2 rings (SSSR count). The summed E-state index contributed by atoms with van der Waals surface area (Å²) >= 11 is 0. The molecule has 0 unspecified atom stereocenters. The molecule has 1 aromatic rings. The van der Waals surface area contributed by atoms with Crippen LogP contribution in [0, 0.1) is 0 Å². The smallest absolute Gasteiger partial charge is 0.335 e. The van der Waals surface area contributed by atoms with Crippen LogP contribution in [0.4, 0.5) is 5.69 Å². The third kappa shape index (κ3) is 4.27. The number of hydrogen-bond acceptors (Lipinski definition) is 4. The molecule has 2 N–H and O–H groups in total. The molecule has 114 valence electrons. The van der Waals surface area contributed by atoms with Gasteiger partial charge in [0.1, 0.15) is 0 Å². The standard InChI is InChI=1S/C15H21N3O3/c1-17(13-5-3-12(4-6-13)15(20)21)14(19)11-18-9-2-7-16-8-10-18/h3-6,16H,2,7-11H2,1H3,(H,20,21). The fourth-order valence-corrected chi connectivity index (χ4v) is 2.33. The lowest BCUT2D eigenvalue weighted by Crippen LogP contribution is -2.40.